The van der Waals surface area contributed by atoms with Gasteiger partial charge in [0.1, 0.15) is 0 Å². The van der Waals surface area contributed by atoms with Crippen molar-refractivity contribution in [2.24, 2.45) is 5.41 Å². The first-order valence-electron chi connectivity index (χ1n) is 8.39. The number of carbonyl (C=O) groups excluding carboxylic acids is 2. The van der Waals surface area contributed by atoms with Crippen molar-refractivity contribution in [1.82, 2.24) is 10.2 Å². The molecule has 1 unspecified atom stereocenters. The zero-order valence-electron chi connectivity index (χ0n) is 13.7. The van der Waals surface area contributed by atoms with Gasteiger partial charge in [0.25, 0.3) is 0 Å². The maximum absolute atomic E-state index is 12.3. The fourth-order valence-corrected chi connectivity index (χ4v) is 3.80. The van der Waals surface area contributed by atoms with Gasteiger partial charge in [-0.25, -0.2) is 0 Å². The molecule has 4 nitrogen and oxygen atoms in total. The Balaban J connectivity index is 1.66. The summed E-state index contributed by atoms with van der Waals surface area (Å²) in [5.74, 6) is 0.236. The summed E-state index contributed by atoms with van der Waals surface area (Å²) < 4.78 is 0. The van der Waals surface area contributed by atoms with Gasteiger partial charge in [-0.2, -0.15) is 0 Å². The lowest BCUT2D eigenvalue weighted by molar-refractivity contribution is -0.132. The van der Waals surface area contributed by atoms with Crippen LogP contribution in [0.5, 0.6) is 0 Å². The van der Waals surface area contributed by atoms with E-state index < -0.39 is 0 Å². The number of amides is 2. The third kappa shape index (κ3) is 3.31. The van der Waals surface area contributed by atoms with Crippen molar-refractivity contribution in [1.29, 1.82) is 0 Å². The Morgan fingerprint density at radius 3 is 2.83 bits per heavy atom. The summed E-state index contributed by atoms with van der Waals surface area (Å²) in [5, 5.41) is 3.11. The quantitative estimate of drug-likeness (QED) is 0.929. The van der Waals surface area contributed by atoms with E-state index in [1.807, 2.05) is 37.4 Å². The lowest BCUT2D eigenvalue weighted by Crippen LogP contribution is -2.49. The average Bonchev–Trinajstić information content (AvgIpc) is 2.58. The van der Waals surface area contributed by atoms with E-state index in [-0.39, 0.29) is 17.2 Å². The maximum atomic E-state index is 12.3. The van der Waals surface area contributed by atoms with Crippen molar-refractivity contribution in [3.63, 3.8) is 0 Å². The highest BCUT2D eigenvalue weighted by Crippen LogP contribution is 2.45. The zero-order valence-corrected chi connectivity index (χ0v) is 13.7. The number of hydrogen-bond donors (Lipinski definition) is 1. The molecular formula is C19H24N2O2. The Morgan fingerprint density at radius 2 is 2.04 bits per heavy atom. The van der Waals surface area contributed by atoms with Crippen LogP contribution in [0.15, 0.2) is 42.1 Å². The monoisotopic (exact) mass is 312 g/mol. The van der Waals surface area contributed by atoms with Crippen LogP contribution in [0.2, 0.25) is 0 Å². The number of nitrogens with zero attached hydrogens (tertiary/aromatic N) is 1. The molecule has 2 amide bonds. The van der Waals surface area contributed by atoms with Crippen LogP contribution >= 0.6 is 0 Å². The van der Waals surface area contributed by atoms with Crippen LogP contribution in [-0.4, -0.2) is 30.3 Å². The second-order valence-electron chi connectivity index (χ2n) is 6.65. The van der Waals surface area contributed by atoms with Gasteiger partial charge in [0.05, 0.1) is 6.42 Å². The van der Waals surface area contributed by atoms with Crippen molar-refractivity contribution in [2.45, 2.75) is 38.5 Å². The highest BCUT2D eigenvalue weighted by atomic mass is 16.2. The lowest BCUT2D eigenvalue weighted by Gasteiger charge is -2.46. The molecule has 1 heterocycles. The number of allylic oxidation sites excluding steroid dienone is 1. The minimum atomic E-state index is -0.0622. The van der Waals surface area contributed by atoms with Crippen LogP contribution in [-0.2, 0) is 16.0 Å². The highest BCUT2D eigenvalue weighted by molar-refractivity contribution is 5.80. The Hall–Kier alpha value is -2.10. The van der Waals surface area contributed by atoms with Crippen LogP contribution in [0.3, 0.4) is 0 Å². The second kappa shape index (κ2) is 6.57. The second-order valence-corrected chi connectivity index (χ2v) is 6.65. The highest BCUT2D eigenvalue weighted by Gasteiger charge is 2.43. The molecule has 1 saturated heterocycles. The number of likely N-dealkylation sites (tertiary alicyclic amines) is 1. The number of fused-ring (bicyclic) bond motifs is 1. The summed E-state index contributed by atoms with van der Waals surface area (Å²) in [4.78, 5) is 26.0. The minimum Gasteiger partial charge on any atom is -0.355 e. The Morgan fingerprint density at radius 1 is 1.26 bits per heavy atom. The molecule has 1 atom stereocenters. The number of rotatable bonds is 4. The summed E-state index contributed by atoms with van der Waals surface area (Å²) in [5.41, 5.74) is 2.07. The smallest absolute Gasteiger partial charge is 0.226 e. The molecule has 0 spiro atoms. The molecule has 1 aromatic rings. The van der Waals surface area contributed by atoms with Crippen LogP contribution < -0.4 is 5.32 Å². The number of hydrogen-bond acceptors (Lipinski definition) is 2. The Labute approximate surface area is 137 Å². The summed E-state index contributed by atoms with van der Waals surface area (Å²) in [7, 11) is 1.86. The van der Waals surface area contributed by atoms with Gasteiger partial charge in [0, 0.05) is 31.1 Å². The third-order valence-electron chi connectivity index (χ3n) is 5.12. The molecule has 0 radical (unpaired) electrons. The topological polar surface area (TPSA) is 49.4 Å². The molecule has 4 heteroatoms. The van der Waals surface area contributed by atoms with Gasteiger partial charge in [-0.05, 0) is 31.2 Å². The van der Waals surface area contributed by atoms with Gasteiger partial charge in [0.15, 0.2) is 0 Å². The van der Waals surface area contributed by atoms with E-state index in [1.54, 1.807) is 4.90 Å². The summed E-state index contributed by atoms with van der Waals surface area (Å²) in [6.07, 6.45) is 7.19. The fourth-order valence-electron chi connectivity index (χ4n) is 3.80. The van der Waals surface area contributed by atoms with Gasteiger partial charge < -0.3 is 10.2 Å². The molecule has 0 aromatic heterocycles. The third-order valence-corrected chi connectivity index (χ3v) is 5.12. The first kappa shape index (κ1) is 15.8. The van der Waals surface area contributed by atoms with E-state index in [2.05, 4.69) is 11.4 Å². The van der Waals surface area contributed by atoms with Gasteiger partial charge in [-0.15, -0.1) is 0 Å². The number of carbonyl (C=O) groups is 2. The molecule has 0 bridgehead atoms. The molecule has 0 saturated carbocycles. The number of nitrogens with one attached hydrogen (secondary N) is 1. The van der Waals surface area contributed by atoms with E-state index in [0.29, 0.717) is 19.4 Å². The van der Waals surface area contributed by atoms with Crippen molar-refractivity contribution < 1.29 is 9.59 Å². The molecule has 1 aliphatic carbocycles. The minimum absolute atomic E-state index is 0.0510. The first-order chi connectivity index (χ1) is 11.1. The Kier molecular flexibility index (Phi) is 4.51. The number of piperidine rings is 1. The fraction of sp³-hybridized carbons (Fsp3) is 0.474. The van der Waals surface area contributed by atoms with E-state index in [4.69, 9.17) is 0 Å². The van der Waals surface area contributed by atoms with Crippen molar-refractivity contribution in [2.75, 3.05) is 13.6 Å². The largest absolute Gasteiger partial charge is 0.355 e. The van der Waals surface area contributed by atoms with Gasteiger partial charge >= 0.3 is 0 Å². The van der Waals surface area contributed by atoms with Crippen molar-refractivity contribution in [3.8, 4) is 0 Å². The molecule has 1 N–H and O–H groups in total. The SMILES string of the molecule is CN1C(=O)CCC2(CNC(=O)Cc3ccccc3)CCCC=C12. The standard InChI is InChI=1S/C19H24N2O2/c1-21-16-9-5-6-11-19(16,12-10-18(21)23)14-20-17(22)13-15-7-3-2-4-8-15/h2-4,7-9H,5-6,10-14H2,1H3,(H,20,22). The van der Waals surface area contributed by atoms with Gasteiger partial charge in [-0.1, -0.05) is 36.4 Å². The average molecular weight is 312 g/mol. The predicted molar refractivity (Wildman–Crippen MR) is 89.5 cm³/mol. The zero-order chi connectivity index (χ0) is 16.3. The molecular weight excluding hydrogens is 288 g/mol. The van der Waals surface area contributed by atoms with Crippen molar-refractivity contribution >= 4 is 11.8 Å². The summed E-state index contributed by atoms with van der Waals surface area (Å²) >= 11 is 0. The van der Waals surface area contributed by atoms with Crippen LogP contribution in [0.4, 0.5) is 0 Å². The maximum Gasteiger partial charge on any atom is 0.226 e. The Bertz CT molecular complexity index is 624. The normalized spacial score (nSPS) is 24.0. The number of benzene rings is 1. The van der Waals surface area contributed by atoms with E-state index in [9.17, 15) is 9.59 Å². The molecule has 23 heavy (non-hydrogen) atoms. The van der Waals surface area contributed by atoms with Crippen molar-refractivity contribution in [3.05, 3.63) is 47.7 Å². The molecule has 1 fully saturated rings. The van der Waals surface area contributed by atoms with Crippen LogP contribution in [0.1, 0.15) is 37.7 Å². The molecule has 2 aliphatic rings. The van der Waals surface area contributed by atoms with E-state index in [0.717, 1.165) is 36.9 Å². The molecule has 122 valence electrons. The predicted octanol–water partition coefficient (Wildman–Crippen LogP) is 2.65. The first-order valence-corrected chi connectivity index (χ1v) is 8.39. The summed E-state index contributed by atoms with van der Waals surface area (Å²) in [6, 6.07) is 9.79. The molecule has 1 aromatic carbocycles. The van der Waals surface area contributed by atoms with Gasteiger partial charge in [-0.3, -0.25) is 9.59 Å². The molecule has 1 aliphatic heterocycles. The van der Waals surface area contributed by atoms with Crippen LogP contribution in [0, 0.1) is 5.41 Å². The van der Waals surface area contributed by atoms with E-state index >= 15 is 0 Å². The summed E-state index contributed by atoms with van der Waals surface area (Å²) in [6.45, 7) is 0.627. The van der Waals surface area contributed by atoms with Gasteiger partial charge in [0.2, 0.25) is 11.8 Å². The molecule has 3 rings (SSSR count). The van der Waals surface area contributed by atoms with Crippen LogP contribution in [0.25, 0.3) is 0 Å². The lowest BCUT2D eigenvalue weighted by atomic mass is 9.70. The van der Waals surface area contributed by atoms with E-state index in [1.165, 1.54) is 0 Å².